The van der Waals surface area contributed by atoms with Gasteiger partial charge in [0.25, 0.3) is 0 Å². The predicted molar refractivity (Wildman–Crippen MR) is 79.1 cm³/mol. The number of hydrogen-bond donors (Lipinski definition) is 1. The first-order valence-corrected chi connectivity index (χ1v) is 6.66. The summed E-state index contributed by atoms with van der Waals surface area (Å²) in [6.07, 6.45) is 1.69. The summed E-state index contributed by atoms with van der Waals surface area (Å²) in [7, 11) is 0. The number of nitrogens with two attached hydrogens (primary N) is 1. The Balaban J connectivity index is 1.84. The van der Waals surface area contributed by atoms with E-state index in [2.05, 4.69) is 15.9 Å². The fraction of sp³-hybridized carbons (Fsp3) is 0.0667. The number of ether oxygens (including phenoxy) is 1. The first-order valence-electron chi connectivity index (χ1n) is 5.87. The van der Waals surface area contributed by atoms with Crippen LogP contribution in [0.25, 0.3) is 11.0 Å². The zero-order valence-corrected chi connectivity index (χ0v) is 11.7. The maximum Gasteiger partial charge on any atom is 0.136 e. The van der Waals surface area contributed by atoms with Crippen LogP contribution in [-0.2, 0) is 6.61 Å². The molecule has 0 spiro atoms. The fourth-order valence-electron chi connectivity index (χ4n) is 1.98. The summed E-state index contributed by atoms with van der Waals surface area (Å²) in [5.41, 5.74) is 8.42. The molecule has 96 valence electrons. The maximum absolute atomic E-state index is 5.97. The molecule has 3 aromatic rings. The van der Waals surface area contributed by atoms with Gasteiger partial charge in [-0.05, 0) is 36.4 Å². The van der Waals surface area contributed by atoms with Crippen LogP contribution in [0.3, 0.4) is 0 Å². The minimum Gasteiger partial charge on any atom is -0.489 e. The number of halogens is 1. The minimum atomic E-state index is 0.433. The number of hydrogen-bond acceptors (Lipinski definition) is 3. The van der Waals surface area contributed by atoms with Crippen LogP contribution in [0.2, 0.25) is 0 Å². The Morgan fingerprint density at radius 2 is 1.89 bits per heavy atom. The monoisotopic (exact) mass is 317 g/mol. The lowest BCUT2D eigenvalue weighted by atomic mass is 10.1. The molecule has 0 saturated heterocycles. The summed E-state index contributed by atoms with van der Waals surface area (Å²) in [5, 5.41) is 0.930. The highest BCUT2D eigenvalue weighted by Crippen LogP contribution is 2.28. The standard InChI is InChI=1S/C15H12BrNO2/c16-11-4-6-12(7-5-11)18-8-10-9-19-14-3-1-2-13(17)15(10)14/h1-7,9H,8,17H2. The molecule has 4 heteroatoms. The Hall–Kier alpha value is -1.94. The van der Waals surface area contributed by atoms with Gasteiger partial charge in [-0.3, -0.25) is 0 Å². The van der Waals surface area contributed by atoms with Gasteiger partial charge in [0, 0.05) is 21.1 Å². The molecule has 0 bridgehead atoms. The molecule has 19 heavy (non-hydrogen) atoms. The number of nitrogen functional groups attached to an aromatic ring is 1. The van der Waals surface area contributed by atoms with Gasteiger partial charge in [0.05, 0.1) is 6.26 Å². The molecule has 1 aromatic heterocycles. The van der Waals surface area contributed by atoms with Gasteiger partial charge >= 0.3 is 0 Å². The number of rotatable bonds is 3. The van der Waals surface area contributed by atoms with E-state index in [9.17, 15) is 0 Å². The van der Waals surface area contributed by atoms with Crippen molar-refractivity contribution in [3.8, 4) is 5.75 Å². The normalized spacial score (nSPS) is 10.8. The molecular weight excluding hydrogens is 306 g/mol. The SMILES string of the molecule is Nc1cccc2occ(COc3ccc(Br)cc3)c12. The lowest BCUT2D eigenvalue weighted by Gasteiger charge is -2.05. The molecule has 0 fully saturated rings. The van der Waals surface area contributed by atoms with E-state index in [0.717, 1.165) is 26.8 Å². The number of fused-ring (bicyclic) bond motifs is 1. The van der Waals surface area contributed by atoms with Crippen LogP contribution in [0.15, 0.2) is 57.6 Å². The summed E-state index contributed by atoms with van der Waals surface area (Å²) in [6, 6.07) is 13.3. The minimum absolute atomic E-state index is 0.433. The molecule has 0 atom stereocenters. The summed E-state index contributed by atoms with van der Waals surface area (Å²) in [4.78, 5) is 0. The van der Waals surface area contributed by atoms with E-state index in [0.29, 0.717) is 12.3 Å². The van der Waals surface area contributed by atoms with E-state index < -0.39 is 0 Å². The van der Waals surface area contributed by atoms with Crippen molar-refractivity contribution < 1.29 is 9.15 Å². The van der Waals surface area contributed by atoms with Crippen LogP contribution >= 0.6 is 15.9 Å². The molecule has 0 aliphatic heterocycles. The Labute approximate surface area is 119 Å². The highest BCUT2D eigenvalue weighted by Gasteiger charge is 2.09. The molecule has 0 aliphatic carbocycles. The number of furan rings is 1. The average molecular weight is 318 g/mol. The zero-order chi connectivity index (χ0) is 13.2. The predicted octanol–water partition coefficient (Wildman–Crippen LogP) is 4.36. The van der Waals surface area contributed by atoms with E-state index in [4.69, 9.17) is 14.9 Å². The second kappa shape index (κ2) is 4.97. The molecule has 2 N–H and O–H groups in total. The Morgan fingerprint density at radius 3 is 2.68 bits per heavy atom. The van der Waals surface area contributed by atoms with Gasteiger partial charge in [0.15, 0.2) is 0 Å². The first kappa shape index (κ1) is 12.1. The molecule has 0 aliphatic rings. The third kappa shape index (κ3) is 2.44. The van der Waals surface area contributed by atoms with Crippen molar-refractivity contribution in [1.82, 2.24) is 0 Å². The van der Waals surface area contributed by atoms with Gasteiger partial charge in [-0.1, -0.05) is 22.0 Å². The quantitative estimate of drug-likeness (QED) is 0.730. The highest BCUT2D eigenvalue weighted by molar-refractivity contribution is 9.10. The lowest BCUT2D eigenvalue weighted by Crippen LogP contribution is -1.95. The molecule has 2 aromatic carbocycles. The average Bonchev–Trinajstić information content (AvgIpc) is 2.83. The van der Waals surface area contributed by atoms with Crippen LogP contribution in [0.1, 0.15) is 5.56 Å². The molecule has 3 rings (SSSR count). The van der Waals surface area contributed by atoms with Gasteiger partial charge in [0.2, 0.25) is 0 Å². The van der Waals surface area contributed by atoms with Crippen LogP contribution < -0.4 is 10.5 Å². The summed E-state index contributed by atoms with van der Waals surface area (Å²) >= 11 is 3.39. The van der Waals surface area contributed by atoms with Crippen molar-refractivity contribution in [2.75, 3.05) is 5.73 Å². The molecule has 3 nitrogen and oxygen atoms in total. The van der Waals surface area contributed by atoms with Gasteiger partial charge in [-0.25, -0.2) is 0 Å². The van der Waals surface area contributed by atoms with Gasteiger partial charge < -0.3 is 14.9 Å². The van der Waals surface area contributed by atoms with E-state index >= 15 is 0 Å². The van der Waals surface area contributed by atoms with E-state index in [-0.39, 0.29) is 0 Å². The molecular formula is C15H12BrNO2. The van der Waals surface area contributed by atoms with Gasteiger partial charge in [-0.2, -0.15) is 0 Å². The third-order valence-electron chi connectivity index (χ3n) is 2.92. The van der Waals surface area contributed by atoms with Crippen molar-refractivity contribution in [3.63, 3.8) is 0 Å². The molecule has 1 heterocycles. The zero-order valence-electron chi connectivity index (χ0n) is 10.1. The largest absolute Gasteiger partial charge is 0.489 e. The van der Waals surface area contributed by atoms with Crippen LogP contribution in [0.4, 0.5) is 5.69 Å². The number of anilines is 1. The molecule has 0 radical (unpaired) electrons. The van der Waals surface area contributed by atoms with Crippen LogP contribution in [-0.4, -0.2) is 0 Å². The van der Waals surface area contributed by atoms with Crippen molar-refractivity contribution in [2.45, 2.75) is 6.61 Å². The second-order valence-corrected chi connectivity index (χ2v) is 5.14. The Morgan fingerprint density at radius 1 is 1.11 bits per heavy atom. The van der Waals surface area contributed by atoms with E-state index in [1.165, 1.54) is 0 Å². The van der Waals surface area contributed by atoms with Crippen molar-refractivity contribution >= 4 is 32.6 Å². The van der Waals surface area contributed by atoms with E-state index in [1.54, 1.807) is 6.26 Å². The van der Waals surface area contributed by atoms with Gasteiger partial charge in [-0.15, -0.1) is 0 Å². The third-order valence-corrected chi connectivity index (χ3v) is 3.44. The summed E-state index contributed by atoms with van der Waals surface area (Å²) in [5.74, 6) is 0.812. The first-order chi connectivity index (χ1) is 9.24. The smallest absolute Gasteiger partial charge is 0.136 e. The van der Waals surface area contributed by atoms with Crippen LogP contribution in [0, 0.1) is 0 Å². The van der Waals surface area contributed by atoms with Crippen molar-refractivity contribution in [2.24, 2.45) is 0 Å². The highest BCUT2D eigenvalue weighted by atomic mass is 79.9. The topological polar surface area (TPSA) is 48.4 Å². The second-order valence-electron chi connectivity index (χ2n) is 4.22. The fourth-order valence-corrected chi connectivity index (χ4v) is 2.25. The molecule has 0 amide bonds. The Bertz CT molecular complexity index is 704. The molecule has 0 unspecified atom stereocenters. The van der Waals surface area contributed by atoms with Crippen LogP contribution in [0.5, 0.6) is 5.75 Å². The van der Waals surface area contributed by atoms with Gasteiger partial charge in [0.1, 0.15) is 17.9 Å². The maximum atomic E-state index is 5.97. The van der Waals surface area contributed by atoms with Crippen molar-refractivity contribution in [1.29, 1.82) is 0 Å². The summed E-state index contributed by atoms with van der Waals surface area (Å²) in [6.45, 7) is 0.433. The summed E-state index contributed by atoms with van der Waals surface area (Å²) < 4.78 is 12.2. The lowest BCUT2D eigenvalue weighted by molar-refractivity contribution is 0.306. The number of benzene rings is 2. The molecule has 0 saturated carbocycles. The van der Waals surface area contributed by atoms with Crippen molar-refractivity contribution in [3.05, 3.63) is 58.8 Å². The van der Waals surface area contributed by atoms with E-state index in [1.807, 2.05) is 42.5 Å². The Kier molecular flexibility index (Phi) is 3.17.